The molecule has 0 nitrogen and oxygen atoms in total. The molecule has 2 aromatic rings. The first-order valence-corrected chi connectivity index (χ1v) is 8.89. The number of fused-ring (bicyclic) bond motifs is 2. The Bertz CT molecular complexity index is 675. The fourth-order valence-corrected chi connectivity index (χ4v) is 4.95. The lowest BCUT2D eigenvalue weighted by Crippen LogP contribution is -2.29. The molecule has 0 spiro atoms. The minimum atomic E-state index is 0.00586. The van der Waals surface area contributed by atoms with Crippen LogP contribution in [0.1, 0.15) is 56.9 Å². The van der Waals surface area contributed by atoms with Crippen molar-refractivity contribution in [2.24, 2.45) is 17.8 Å². The first-order valence-electron chi connectivity index (χ1n) is 8.89. The highest BCUT2D eigenvalue weighted by atomic mass is 19.1. The van der Waals surface area contributed by atoms with E-state index in [1.54, 1.807) is 6.07 Å². The summed E-state index contributed by atoms with van der Waals surface area (Å²) in [6.07, 6.45) is 7.80. The Hall–Kier alpha value is -1.37. The van der Waals surface area contributed by atoms with Gasteiger partial charge in [-0.3, -0.25) is 0 Å². The molecule has 116 valence electrons. The topological polar surface area (TPSA) is 0 Å². The standard InChI is InChI=1S/C21H25F/c1-14-6-7-18-11-19(9-8-17(18)10-14)20-12-15-4-2-3-5-16(15)13-21(20)22/h2-5,12-14,17-19H,6-11H2,1H3. The van der Waals surface area contributed by atoms with Gasteiger partial charge in [-0.25, -0.2) is 4.39 Å². The molecule has 0 amide bonds. The number of benzene rings is 2. The highest BCUT2D eigenvalue weighted by Gasteiger charge is 2.35. The summed E-state index contributed by atoms with van der Waals surface area (Å²) in [4.78, 5) is 0. The lowest BCUT2D eigenvalue weighted by atomic mass is 9.64. The van der Waals surface area contributed by atoms with Gasteiger partial charge in [-0.15, -0.1) is 0 Å². The highest BCUT2D eigenvalue weighted by molar-refractivity contribution is 5.83. The zero-order valence-electron chi connectivity index (χ0n) is 13.4. The summed E-state index contributed by atoms with van der Waals surface area (Å²) in [6.45, 7) is 2.39. The van der Waals surface area contributed by atoms with Crippen molar-refractivity contribution < 1.29 is 4.39 Å². The van der Waals surface area contributed by atoms with Gasteiger partial charge < -0.3 is 0 Å². The summed E-state index contributed by atoms with van der Waals surface area (Å²) in [5.74, 6) is 3.07. The average Bonchev–Trinajstić information content (AvgIpc) is 2.54. The Morgan fingerprint density at radius 2 is 1.55 bits per heavy atom. The monoisotopic (exact) mass is 296 g/mol. The van der Waals surface area contributed by atoms with Crippen LogP contribution in [0.2, 0.25) is 0 Å². The van der Waals surface area contributed by atoms with Crippen LogP contribution in [-0.4, -0.2) is 0 Å². The summed E-state index contributed by atoms with van der Waals surface area (Å²) >= 11 is 0. The predicted molar refractivity (Wildman–Crippen MR) is 90.5 cm³/mol. The SMILES string of the molecule is CC1CCC2CC(c3cc4ccccc4cc3F)CCC2C1. The smallest absolute Gasteiger partial charge is 0.127 e. The second-order valence-electron chi connectivity index (χ2n) is 7.67. The van der Waals surface area contributed by atoms with E-state index < -0.39 is 0 Å². The van der Waals surface area contributed by atoms with Crippen LogP contribution in [0.5, 0.6) is 0 Å². The summed E-state index contributed by atoms with van der Waals surface area (Å²) in [7, 11) is 0. The molecule has 2 aliphatic rings. The Labute approximate surface area is 132 Å². The maximum Gasteiger partial charge on any atom is 0.127 e. The van der Waals surface area contributed by atoms with Crippen LogP contribution >= 0.6 is 0 Å². The minimum Gasteiger partial charge on any atom is -0.207 e. The van der Waals surface area contributed by atoms with Crippen molar-refractivity contribution in [3.8, 4) is 0 Å². The van der Waals surface area contributed by atoms with Gasteiger partial charge in [0.25, 0.3) is 0 Å². The lowest BCUT2D eigenvalue weighted by molar-refractivity contribution is 0.124. The van der Waals surface area contributed by atoms with Crippen molar-refractivity contribution in [3.05, 3.63) is 47.8 Å². The predicted octanol–water partition coefficient (Wildman–Crippen LogP) is 6.30. The molecule has 0 aromatic heterocycles. The normalized spacial score (nSPS) is 31.9. The molecule has 2 aromatic carbocycles. The third-order valence-electron chi connectivity index (χ3n) is 6.18. The molecule has 4 rings (SSSR count). The molecule has 22 heavy (non-hydrogen) atoms. The van der Waals surface area contributed by atoms with E-state index in [1.165, 1.54) is 43.9 Å². The summed E-state index contributed by atoms with van der Waals surface area (Å²) in [5, 5.41) is 2.20. The van der Waals surface area contributed by atoms with Crippen molar-refractivity contribution in [2.75, 3.05) is 0 Å². The van der Waals surface area contributed by atoms with E-state index in [0.717, 1.165) is 28.7 Å². The van der Waals surface area contributed by atoms with Crippen LogP contribution in [0.4, 0.5) is 4.39 Å². The van der Waals surface area contributed by atoms with Crippen LogP contribution < -0.4 is 0 Å². The molecule has 0 radical (unpaired) electrons. The lowest BCUT2D eigenvalue weighted by Gasteiger charge is -2.41. The van der Waals surface area contributed by atoms with Crippen molar-refractivity contribution in [3.63, 3.8) is 0 Å². The van der Waals surface area contributed by atoms with Gasteiger partial charge in [0.15, 0.2) is 0 Å². The maximum atomic E-state index is 14.6. The van der Waals surface area contributed by atoms with E-state index in [2.05, 4.69) is 19.1 Å². The number of rotatable bonds is 1. The van der Waals surface area contributed by atoms with Crippen LogP contribution in [-0.2, 0) is 0 Å². The molecule has 4 atom stereocenters. The van der Waals surface area contributed by atoms with Crippen molar-refractivity contribution >= 4 is 10.8 Å². The van der Waals surface area contributed by atoms with Crippen molar-refractivity contribution in [1.82, 2.24) is 0 Å². The maximum absolute atomic E-state index is 14.6. The first-order chi connectivity index (χ1) is 10.7. The van der Waals surface area contributed by atoms with Crippen LogP contribution in [0.25, 0.3) is 10.8 Å². The van der Waals surface area contributed by atoms with Crippen LogP contribution in [0.3, 0.4) is 0 Å². The first kappa shape index (κ1) is 14.2. The largest absolute Gasteiger partial charge is 0.207 e. The van der Waals surface area contributed by atoms with Crippen LogP contribution in [0, 0.1) is 23.6 Å². The van der Waals surface area contributed by atoms with E-state index in [-0.39, 0.29) is 5.82 Å². The molecule has 1 heteroatoms. The summed E-state index contributed by atoms with van der Waals surface area (Å²) in [6, 6.07) is 12.0. The van der Waals surface area contributed by atoms with E-state index >= 15 is 0 Å². The quantitative estimate of drug-likeness (QED) is 0.579. The Balaban J connectivity index is 1.61. The average molecular weight is 296 g/mol. The molecule has 0 aliphatic heterocycles. The summed E-state index contributed by atoms with van der Waals surface area (Å²) < 4.78 is 14.6. The number of halogens is 1. The zero-order valence-corrected chi connectivity index (χ0v) is 13.4. The molecule has 2 saturated carbocycles. The van der Waals surface area contributed by atoms with Crippen molar-refractivity contribution in [2.45, 2.75) is 51.4 Å². The van der Waals surface area contributed by atoms with Gasteiger partial charge in [-0.05, 0) is 84.2 Å². The highest BCUT2D eigenvalue weighted by Crippen LogP contribution is 2.48. The van der Waals surface area contributed by atoms with E-state index in [1.807, 2.05) is 18.2 Å². The number of hydrogen-bond acceptors (Lipinski definition) is 0. The third-order valence-corrected chi connectivity index (χ3v) is 6.18. The summed E-state index contributed by atoms with van der Waals surface area (Å²) in [5.41, 5.74) is 0.968. The Kier molecular flexibility index (Phi) is 3.68. The minimum absolute atomic E-state index is 0.00586. The Morgan fingerprint density at radius 1 is 0.864 bits per heavy atom. The molecule has 0 N–H and O–H groups in total. The van der Waals surface area contributed by atoms with E-state index in [9.17, 15) is 4.39 Å². The van der Waals surface area contributed by atoms with E-state index in [4.69, 9.17) is 0 Å². The third kappa shape index (κ3) is 2.55. The molecule has 2 aliphatic carbocycles. The van der Waals surface area contributed by atoms with Gasteiger partial charge in [0, 0.05) is 0 Å². The molecular weight excluding hydrogens is 271 g/mol. The number of hydrogen-bond donors (Lipinski definition) is 0. The van der Waals surface area contributed by atoms with Gasteiger partial charge in [-0.2, -0.15) is 0 Å². The second-order valence-corrected chi connectivity index (χ2v) is 7.67. The van der Waals surface area contributed by atoms with Gasteiger partial charge in [0.1, 0.15) is 5.82 Å². The van der Waals surface area contributed by atoms with Gasteiger partial charge in [0.2, 0.25) is 0 Å². The van der Waals surface area contributed by atoms with Gasteiger partial charge in [-0.1, -0.05) is 37.6 Å². The fourth-order valence-electron chi connectivity index (χ4n) is 4.95. The Morgan fingerprint density at radius 3 is 2.36 bits per heavy atom. The van der Waals surface area contributed by atoms with Gasteiger partial charge >= 0.3 is 0 Å². The fraction of sp³-hybridized carbons (Fsp3) is 0.524. The second kappa shape index (κ2) is 5.68. The molecule has 4 unspecified atom stereocenters. The molecule has 0 bridgehead atoms. The molecule has 2 fully saturated rings. The van der Waals surface area contributed by atoms with Gasteiger partial charge in [0.05, 0.1) is 0 Å². The molecule has 0 heterocycles. The zero-order chi connectivity index (χ0) is 15.1. The molecule has 0 saturated heterocycles. The molecular formula is C21H25F. The van der Waals surface area contributed by atoms with Crippen LogP contribution in [0.15, 0.2) is 36.4 Å². The van der Waals surface area contributed by atoms with Crippen molar-refractivity contribution in [1.29, 1.82) is 0 Å². The van der Waals surface area contributed by atoms with E-state index in [0.29, 0.717) is 5.92 Å².